The van der Waals surface area contributed by atoms with E-state index in [2.05, 4.69) is 15.6 Å². The fourth-order valence-electron chi connectivity index (χ4n) is 2.27. The first-order valence-electron chi connectivity index (χ1n) is 8.04. The van der Waals surface area contributed by atoms with Gasteiger partial charge in [0.15, 0.2) is 0 Å². The third-order valence-electron chi connectivity index (χ3n) is 3.55. The lowest BCUT2D eigenvalue weighted by atomic mass is 9.98. The molecule has 1 aromatic carbocycles. The van der Waals surface area contributed by atoms with Crippen molar-refractivity contribution in [3.63, 3.8) is 0 Å². The maximum absolute atomic E-state index is 11.9. The van der Waals surface area contributed by atoms with Crippen molar-refractivity contribution in [2.75, 3.05) is 18.5 Å². The number of nitrogens with two attached hydrogens (primary N) is 1. The highest BCUT2D eigenvalue weighted by atomic mass is 16.5. The van der Waals surface area contributed by atoms with Gasteiger partial charge in [0.05, 0.1) is 24.4 Å². The van der Waals surface area contributed by atoms with Gasteiger partial charge < -0.3 is 21.1 Å². The van der Waals surface area contributed by atoms with Gasteiger partial charge in [-0.1, -0.05) is 12.1 Å². The Morgan fingerprint density at radius 1 is 1.24 bits per heavy atom. The zero-order valence-electron chi connectivity index (χ0n) is 14.1. The van der Waals surface area contributed by atoms with Crippen LogP contribution in [0.1, 0.15) is 12.5 Å². The highest BCUT2D eigenvalue weighted by Gasteiger charge is 2.17. The minimum absolute atomic E-state index is 0.147. The quantitative estimate of drug-likeness (QED) is 0.681. The van der Waals surface area contributed by atoms with Gasteiger partial charge >= 0.3 is 6.03 Å². The Hall–Kier alpha value is -3.09. The Kier molecular flexibility index (Phi) is 6.76. The predicted molar refractivity (Wildman–Crippen MR) is 95.3 cm³/mol. The number of nitrogens with one attached hydrogen (secondary N) is 2. The van der Waals surface area contributed by atoms with E-state index in [0.29, 0.717) is 18.7 Å². The Balaban J connectivity index is 1.87. The molecule has 4 N–H and O–H groups in total. The summed E-state index contributed by atoms with van der Waals surface area (Å²) in [6.07, 6.45) is 3.59. The van der Waals surface area contributed by atoms with Gasteiger partial charge in [0.25, 0.3) is 0 Å². The number of rotatable bonds is 8. The number of ether oxygens (including phenoxy) is 1. The van der Waals surface area contributed by atoms with Crippen molar-refractivity contribution < 1.29 is 14.3 Å². The molecule has 1 heterocycles. The fourth-order valence-corrected chi connectivity index (χ4v) is 2.27. The molecule has 1 atom stereocenters. The van der Waals surface area contributed by atoms with E-state index in [-0.39, 0.29) is 6.54 Å². The Morgan fingerprint density at radius 2 is 2.00 bits per heavy atom. The summed E-state index contributed by atoms with van der Waals surface area (Å²) in [6.45, 7) is 2.66. The summed E-state index contributed by atoms with van der Waals surface area (Å²) in [5.41, 5.74) is 6.97. The average molecular weight is 342 g/mol. The van der Waals surface area contributed by atoms with Crippen LogP contribution in [0, 0.1) is 5.92 Å². The highest BCUT2D eigenvalue weighted by molar-refractivity contribution is 5.89. The SMILES string of the molecule is CCOc1ccc(C[C@@H](CNC(=O)Nc2cccnc2)C(N)=O)cc1. The number of anilines is 1. The summed E-state index contributed by atoms with van der Waals surface area (Å²) in [5.74, 6) is -0.191. The van der Waals surface area contributed by atoms with E-state index in [1.165, 1.54) is 6.20 Å². The first-order chi connectivity index (χ1) is 12.1. The summed E-state index contributed by atoms with van der Waals surface area (Å²) < 4.78 is 5.39. The third kappa shape index (κ3) is 6.14. The van der Waals surface area contributed by atoms with Crippen LogP contribution in [-0.2, 0) is 11.2 Å². The van der Waals surface area contributed by atoms with E-state index < -0.39 is 17.9 Å². The molecule has 3 amide bonds. The molecule has 0 saturated heterocycles. The van der Waals surface area contributed by atoms with Crippen molar-refractivity contribution in [1.82, 2.24) is 10.3 Å². The number of urea groups is 1. The lowest BCUT2D eigenvalue weighted by molar-refractivity contribution is -0.121. The van der Waals surface area contributed by atoms with Gasteiger partial charge in [0, 0.05) is 12.7 Å². The molecule has 0 aliphatic carbocycles. The van der Waals surface area contributed by atoms with Gasteiger partial charge in [-0.2, -0.15) is 0 Å². The second-order valence-corrected chi connectivity index (χ2v) is 5.46. The van der Waals surface area contributed by atoms with Crippen molar-refractivity contribution >= 4 is 17.6 Å². The van der Waals surface area contributed by atoms with E-state index in [1.54, 1.807) is 18.3 Å². The van der Waals surface area contributed by atoms with Gasteiger partial charge in [0.1, 0.15) is 5.75 Å². The normalized spacial score (nSPS) is 11.4. The molecule has 0 aliphatic rings. The van der Waals surface area contributed by atoms with Crippen LogP contribution >= 0.6 is 0 Å². The first-order valence-corrected chi connectivity index (χ1v) is 8.04. The van der Waals surface area contributed by atoms with Crippen molar-refractivity contribution in [2.45, 2.75) is 13.3 Å². The smallest absolute Gasteiger partial charge is 0.319 e. The number of benzene rings is 1. The van der Waals surface area contributed by atoms with E-state index in [9.17, 15) is 9.59 Å². The number of pyridine rings is 1. The van der Waals surface area contributed by atoms with E-state index >= 15 is 0 Å². The molecular weight excluding hydrogens is 320 g/mol. The Labute approximate surface area is 146 Å². The molecule has 0 bridgehead atoms. The molecule has 2 rings (SSSR count). The topological polar surface area (TPSA) is 106 Å². The van der Waals surface area contributed by atoms with Crippen LogP contribution in [0.5, 0.6) is 5.75 Å². The van der Waals surface area contributed by atoms with E-state index in [4.69, 9.17) is 10.5 Å². The molecule has 0 fully saturated rings. The number of carbonyl (C=O) groups is 2. The molecule has 0 unspecified atom stereocenters. The summed E-state index contributed by atoms with van der Waals surface area (Å²) >= 11 is 0. The minimum Gasteiger partial charge on any atom is -0.494 e. The second kappa shape index (κ2) is 9.27. The lowest BCUT2D eigenvalue weighted by Crippen LogP contribution is -2.39. The maximum atomic E-state index is 11.9. The molecule has 0 aliphatic heterocycles. The van der Waals surface area contributed by atoms with Crippen LogP contribution in [0.25, 0.3) is 0 Å². The zero-order chi connectivity index (χ0) is 18.1. The number of carbonyl (C=O) groups excluding carboxylic acids is 2. The number of hydrogen-bond donors (Lipinski definition) is 3. The molecule has 1 aromatic heterocycles. The van der Waals surface area contributed by atoms with Gasteiger partial charge in [-0.25, -0.2) is 4.79 Å². The molecule has 2 aromatic rings. The molecule has 0 spiro atoms. The van der Waals surface area contributed by atoms with Crippen LogP contribution in [0.4, 0.5) is 10.5 Å². The number of nitrogens with zero attached hydrogens (tertiary/aromatic N) is 1. The van der Waals surface area contributed by atoms with Gasteiger partial charge in [-0.15, -0.1) is 0 Å². The summed E-state index contributed by atoms with van der Waals surface area (Å²) in [7, 11) is 0. The van der Waals surface area contributed by atoms with Crippen molar-refractivity contribution in [3.8, 4) is 5.75 Å². The van der Waals surface area contributed by atoms with E-state index in [0.717, 1.165) is 11.3 Å². The Morgan fingerprint density at radius 3 is 2.60 bits per heavy atom. The predicted octanol–water partition coefficient (Wildman–Crippen LogP) is 1.95. The van der Waals surface area contributed by atoms with Gasteiger partial charge in [-0.3, -0.25) is 9.78 Å². The molecule has 0 radical (unpaired) electrons. The maximum Gasteiger partial charge on any atom is 0.319 e. The molecule has 7 heteroatoms. The molecule has 132 valence electrons. The summed E-state index contributed by atoms with van der Waals surface area (Å²) in [4.78, 5) is 27.5. The van der Waals surface area contributed by atoms with Crippen molar-refractivity contribution in [1.29, 1.82) is 0 Å². The molecule has 25 heavy (non-hydrogen) atoms. The lowest BCUT2D eigenvalue weighted by Gasteiger charge is -2.15. The van der Waals surface area contributed by atoms with Crippen LogP contribution in [-0.4, -0.2) is 30.1 Å². The van der Waals surface area contributed by atoms with Crippen LogP contribution < -0.4 is 21.1 Å². The number of aromatic nitrogens is 1. The number of hydrogen-bond acceptors (Lipinski definition) is 4. The second-order valence-electron chi connectivity index (χ2n) is 5.46. The first kappa shape index (κ1) is 18.3. The highest BCUT2D eigenvalue weighted by Crippen LogP contribution is 2.15. The molecular formula is C18H22N4O3. The van der Waals surface area contributed by atoms with Crippen molar-refractivity contribution in [2.24, 2.45) is 11.7 Å². The fraction of sp³-hybridized carbons (Fsp3) is 0.278. The van der Waals surface area contributed by atoms with Crippen LogP contribution in [0.15, 0.2) is 48.8 Å². The molecule has 7 nitrogen and oxygen atoms in total. The van der Waals surface area contributed by atoms with Gasteiger partial charge in [0.2, 0.25) is 5.91 Å². The average Bonchev–Trinajstić information content (AvgIpc) is 2.61. The largest absolute Gasteiger partial charge is 0.494 e. The molecule has 0 saturated carbocycles. The monoisotopic (exact) mass is 342 g/mol. The number of amides is 3. The summed E-state index contributed by atoms with van der Waals surface area (Å²) in [5, 5.41) is 5.30. The zero-order valence-corrected chi connectivity index (χ0v) is 14.1. The van der Waals surface area contributed by atoms with Crippen LogP contribution in [0.2, 0.25) is 0 Å². The van der Waals surface area contributed by atoms with Gasteiger partial charge in [-0.05, 0) is 43.2 Å². The van der Waals surface area contributed by atoms with Crippen molar-refractivity contribution in [3.05, 3.63) is 54.4 Å². The standard InChI is InChI=1S/C18H22N4O3/c1-2-25-16-7-5-13(6-8-16)10-14(17(19)23)11-21-18(24)22-15-4-3-9-20-12-15/h3-9,12,14H,2,10-11H2,1H3,(H2,19,23)(H2,21,22,24)/t14-/m0/s1. The minimum atomic E-state index is -0.502. The van der Waals surface area contributed by atoms with E-state index in [1.807, 2.05) is 31.2 Å². The number of primary amides is 1. The third-order valence-corrected chi connectivity index (χ3v) is 3.55. The summed E-state index contributed by atoms with van der Waals surface area (Å²) in [6, 6.07) is 10.5. The Bertz CT molecular complexity index is 689. The van der Waals surface area contributed by atoms with Crippen LogP contribution in [0.3, 0.4) is 0 Å².